The number of methoxy groups -OCH3 is 1. The Morgan fingerprint density at radius 1 is 1.00 bits per heavy atom. The molecular weight excluding hydrogens is 306 g/mol. The summed E-state index contributed by atoms with van der Waals surface area (Å²) in [5.74, 6) is 2.69. The maximum atomic E-state index is 6.11. The van der Waals surface area contributed by atoms with E-state index in [1.54, 1.807) is 37.6 Å². The van der Waals surface area contributed by atoms with Crippen LogP contribution in [0.4, 0.5) is 17.3 Å². The van der Waals surface area contributed by atoms with Crippen molar-refractivity contribution in [1.29, 1.82) is 0 Å². The molecule has 1 aromatic carbocycles. The third kappa shape index (κ3) is 3.52. The van der Waals surface area contributed by atoms with Crippen LogP contribution in [0.2, 0.25) is 0 Å². The smallest absolute Gasteiger partial charge is 0.248 e. The Kier molecular flexibility index (Phi) is 4.42. The molecule has 0 spiro atoms. The van der Waals surface area contributed by atoms with E-state index < -0.39 is 0 Å². The lowest BCUT2D eigenvalue weighted by Crippen LogP contribution is -2.04. The van der Waals surface area contributed by atoms with Crippen molar-refractivity contribution in [3.05, 3.63) is 54.5 Å². The average Bonchev–Trinajstić information content (AvgIpc) is 2.59. The molecule has 7 heteroatoms. The van der Waals surface area contributed by atoms with Gasteiger partial charge in [-0.1, -0.05) is 0 Å². The van der Waals surface area contributed by atoms with Gasteiger partial charge in [-0.15, -0.1) is 0 Å². The number of anilines is 3. The monoisotopic (exact) mass is 323 g/mol. The largest absolute Gasteiger partial charge is 0.497 e. The number of aromatic nitrogens is 3. The Hall–Kier alpha value is -3.35. The summed E-state index contributed by atoms with van der Waals surface area (Å²) in [5, 5.41) is 3.07. The van der Waals surface area contributed by atoms with Crippen LogP contribution in [-0.4, -0.2) is 22.1 Å². The first-order chi connectivity index (χ1) is 11.7. The van der Waals surface area contributed by atoms with E-state index in [9.17, 15) is 0 Å². The van der Waals surface area contributed by atoms with Gasteiger partial charge in [-0.2, -0.15) is 4.98 Å². The zero-order chi connectivity index (χ0) is 16.9. The molecule has 0 radical (unpaired) electrons. The minimum Gasteiger partial charge on any atom is -0.497 e. The van der Waals surface area contributed by atoms with Crippen LogP contribution >= 0.6 is 0 Å². The Labute approximate surface area is 139 Å². The highest BCUT2D eigenvalue weighted by Gasteiger charge is 2.11. The van der Waals surface area contributed by atoms with Crippen molar-refractivity contribution >= 4 is 17.3 Å². The summed E-state index contributed by atoms with van der Waals surface area (Å²) in [5.41, 5.74) is 7.49. The van der Waals surface area contributed by atoms with E-state index >= 15 is 0 Å². The number of hydrogen-bond donors (Lipinski definition) is 2. The maximum Gasteiger partial charge on any atom is 0.248 e. The van der Waals surface area contributed by atoms with E-state index in [1.165, 1.54) is 6.33 Å². The fraction of sp³-hybridized carbons (Fsp3) is 0.118. The molecule has 3 rings (SSSR count). The van der Waals surface area contributed by atoms with E-state index in [2.05, 4.69) is 20.3 Å². The van der Waals surface area contributed by atoms with Gasteiger partial charge in [-0.05, 0) is 48.9 Å². The van der Waals surface area contributed by atoms with Gasteiger partial charge in [-0.25, -0.2) is 9.97 Å². The number of nitrogen functional groups attached to an aromatic ring is 1. The molecule has 0 atom stereocenters. The highest BCUT2D eigenvalue weighted by Crippen LogP contribution is 2.31. The van der Waals surface area contributed by atoms with Crippen molar-refractivity contribution in [3.8, 4) is 17.4 Å². The van der Waals surface area contributed by atoms with Gasteiger partial charge in [-0.3, -0.25) is 0 Å². The van der Waals surface area contributed by atoms with E-state index in [-0.39, 0.29) is 5.88 Å². The normalized spacial score (nSPS) is 10.2. The predicted octanol–water partition coefficient (Wildman–Crippen LogP) is 3.31. The molecule has 0 unspecified atom stereocenters. The molecule has 0 aliphatic carbocycles. The quantitative estimate of drug-likeness (QED) is 0.743. The lowest BCUT2D eigenvalue weighted by atomic mass is 10.3. The topological polar surface area (TPSA) is 95.2 Å². The first kappa shape index (κ1) is 15.5. The Bertz CT molecular complexity index is 837. The number of nitrogens with two attached hydrogens (primary N) is 1. The SMILES string of the molecule is COc1ccc(Oc2ncnc(Nc3cc(C)ccn3)c2N)cc1. The van der Waals surface area contributed by atoms with Gasteiger partial charge < -0.3 is 20.5 Å². The molecule has 7 nitrogen and oxygen atoms in total. The summed E-state index contributed by atoms with van der Waals surface area (Å²) in [7, 11) is 1.61. The number of hydrogen-bond acceptors (Lipinski definition) is 7. The van der Waals surface area contributed by atoms with Gasteiger partial charge >= 0.3 is 0 Å². The Morgan fingerprint density at radius 3 is 2.46 bits per heavy atom. The molecule has 122 valence electrons. The molecule has 2 heterocycles. The number of benzene rings is 1. The van der Waals surface area contributed by atoms with Crippen LogP contribution in [0.15, 0.2) is 48.9 Å². The summed E-state index contributed by atoms with van der Waals surface area (Å²) < 4.78 is 10.8. The van der Waals surface area contributed by atoms with Crippen molar-refractivity contribution in [1.82, 2.24) is 15.0 Å². The van der Waals surface area contributed by atoms with Crippen molar-refractivity contribution < 1.29 is 9.47 Å². The molecule has 0 saturated carbocycles. The van der Waals surface area contributed by atoms with Crippen LogP contribution in [0.3, 0.4) is 0 Å². The third-order valence-corrected chi connectivity index (χ3v) is 3.28. The highest BCUT2D eigenvalue weighted by molar-refractivity contribution is 5.71. The third-order valence-electron chi connectivity index (χ3n) is 3.28. The van der Waals surface area contributed by atoms with E-state index in [4.69, 9.17) is 15.2 Å². The Morgan fingerprint density at radius 2 is 1.75 bits per heavy atom. The molecule has 0 aliphatic rings. The van der Waals surface area contributed by atoms with Crippen LogP contribution in [0.25, 0.3) is 0 Å². The second-order valence-corrected chi connectivity index (χ2v) is 5.06. The van der Waals surface area contributed by atoms with E-state index in [0.717, 1.165) is 11.3 Å². The first-order valence-corrected chi connectivity index (χ1v) is 7.28. The second-order valence-electron chi connectivity index (χ2n) is 5.06. The fourth-order valence-corrected chi connectivity index (χ4v) is 2.04. The summed E-state index contributed by atoms with van der Waals surface area (Å²) in [6.07, 6.45) is 3.09. The van der Waals surface area contributed by atoms with Gasteiger partial charge in [0.2, 0.25) is 5.88 Å². The van der Waals surface area contributed by atoms with Gasteiger partial charge in [0.1, 0.15) is 29.3 Å². The minimum absolute atomic E-state index is 0.269. The zero-order valence-electron chi connectivity index (χ0n) is 13.4. The lowest BCUT2D eigenvalue weighted by molar-refractivity contribution is 0.412. The molecule has 3 N–H and O–H groups in total. The number of aryl methyl sites for hydroxylation is 1. The molecular formula is C17H17N5O2. The molecule has 0 fully saturated rings. The molecule has 3 aromatic rings. The van der Waals surface area contributed by atoms with E-state index in [1.807, 2.05) is 19.1 Å². The van der Waals surface area contributed by atoms with Crippen LogP contribution in [0, 0.1) is 6.92 Å². The van der Waals surface area contributed by atoms with Crippen molar-refractivity contribution in [3.63, 3.8) is 0 Å². The summed E-state index contributed by atoms with van der Waals surface area (Å²) in [4.78, 5) is 12.5. The number of nitrogens with zero attached hydrogens (tertiary/aromatic N) is 3. The Balaban J connectivity index is 1.82. The summed E-state index contributed by atoms with van der Waals surface area (Å²) >= 11 is 0. The fourth-order valence-electron chi connectivity index (χ4n) is 2.04. The molecule has 0 aliphatic heterocycles. The zero-order valence-corrected chi connectivity index (χ0v) is 13.4. The minimum atomic E-state index is 0.269. The number of pyridine rings is 1. The van der Waals surface area contributed by atoms with Gasteiger partial charge in [0.15, 0.2) is 5.82 Å². The van der Waals surface area contributed by atoms with Crippen LogP contribution in [0.5, 0.6) is 17.4 Å². The molecule has 2 aromatic heterocycles. The van der Waals surface area contributed by atoms with E-state index in [0.29, 0.717) is 23.1 Å². The standard InChI is InChI=1S/C17H17N5O2/c1-11-7-8-19-14(9-11)22-16-15(18)17(21-10-20-16)24-13-5-3-12(23-2)4-6-13/h3-10H,18H2,1-2H3,(H,19,20,21,22). The molecule has 0 bridgehead atoms. The average molecular weight is 323 g/mol. The highest BCUT2D eigenvalue weighted by atomic mass is 16.5. The number of ether oxygens (including phenoxy) is 2. The van der Waals surface area contributed by atoms with Gasteiger partial charge in [0, 0.05) is 6.20 Å². The number of nitrogens with one attached hydrogen (secondary N) is 1. The van der Waals surface area contributed by atoms with Crippen LogP contribution in [-0.2, 0) is 0 Å². The first-order valence-electron chi connectivity index (χ1n) is 7.28. The van der Waals surface area contributed by atoms with Crippen LogP contribution < -0.4 is 20.5 Å². The number of rotatable bonds is 5. The second kappa shape index (κ2) is 6.82. The summed E-state index contributed by atoms with van der Waals surface area (Å²) in [6.45, 7) is 1.98. The van der Waals surface area contributed by atoms with Crippen molar-refractivity contribution in [2.24, 2.45) is 0 Å². The lowest BCUT2D eigenvalue weighted by Gasteiger charge is -2.11. The molecule has 24 heavy (non-hydrogen) atoms. The van der Waals surface area contributed by atoms with Crippen molar-refractivity contribution in [2.45, 2.75) is 6.92 Å². The van der Waals surface area contributed by atoms with Crippen LogP contribution in [0.1, 0.15) is 5.56 Å². The molecule has 0 saturated heterocycles. The molecule has 0 amide bonds. The predicted molar refractivity (Wildman–Crippen MR) is 91.8 cm³/mol. The van der Waals surface area contributed by atoms with Crippen molar-refractivity contribution in [2.75, 3.05) is 18.2 Å². The maximum absolute atomic E-state index is 6.11. The van der Waals surface area contributed by atoms with Gasteiger partial charge in [0.25, 0.3) is 0 Å². The van der Waals surface area contributed by atoms with Gasteiger partial charge in [0.05, 0.1) is 7.11 Å². The summed E-state index contributed by atoms with van der Waals surface area (Å²) in [6, 6.07) is 10.9.